The lowest BCUT2D eigenvalue weighted by Gasteiger charge is -2.07. The van der Waals surface area contributed by atoms with E-state index in [2.05, 4.69) is 32.6 Å². The summed E-state index contributed by atoms with van der Waals surface area (Å²) < 4.78 is 1.66. The van der Waals surface area contributed by atoms with Gasteiger partial charge < -0.3 is 9.88 Å². The zero-order valence-electron chi connectivity index (χ0n) is 12.1. The third-order valence-electron chi connectivity index (χ3n) is 3.35. The SMILES string of the molecule is Cn1c(C=O)nnc1-c1ccnc(NCc2ccccc2)c1. The molecule has 110 valence electrons. The first-order valence-electron chi connectivity index (χ1n) is 6.86. The van der Waals surface area contributed by atoms with Crippen LogP contribution in [0.5, 0.6) is 0 Å². The molecule has 0 radical (unpaired) electrons. The topological polar surface area (TPSA) is 72.7 Å². The highest BCUT2D eigenvalue weighted by Gasteiger charge is 2.10. The number of nitrogens with zero attached hydrogens (tertiary/aromatic N) is 4. The fraction of sp³-hybridized carbons (Fsp3) is 0.125. The van der Waals surface area contributed by atoms with Crippen molar-refractivity contribution >= 4 is 12.1 Å². The van der Waals surface area contributed by atoms with Gasteiger partial charge in [0.1, 0.15) is 5.82 Å². The average molecular weight is 293 g/mol. The summed E-state index contributed by atoms with van der Waals surface area (Å²) in [5.41, 5.74) is 2.03. The monoisotopic (exact) mass is 293 g/mol. The number of hydrogen-bond acceptors (Lipinski definition) is 5. The number of nitrogens with one attached hydrogen (secondary N) is 1. The first kappa shape index (κ1) is 13.9. The van der Waals surface area contributed by atoms with Crippen molar-refractivity contribution < 1.29 is 4.79 Å². The Kier molecular flexibility index (Phi) is 3.91. The van der Waals surface area contributed by atoms with Crippen LogP contribution >= 0.6 is 0 Å². The van der Waals surface area contributed by atoms with E-state index in [1.165, 1.54) is 5.56 Å². The third kappa shape index (κ3) is 2.85. The summed E-state index contributed by atoms with van der Waals surface area (Å²) in [7, 11) is 1.76. The van der Waals surface area contributed by atoms with Crippen LogP contribution < -0.4 is 5.32 Å². The predicted molar refractivity (Wildman–Crippen MR) is 83.4 cm³/mol. The number of aldehydes is 1. The number of rotatable bonds is 5. The fourth-order valence-corrected chi connectivity index (χ4v) is 2.15. The number of benzene rings is 1. The molecule has 0 aliphatic heterocycles. The highest BCUT2D eigenvalue weighted by Crippen LogP contribution is 2.19. The Bertz CT molecular complexity index is 782. The molecule has 0 saturated carbocycles. The molecule has 0 fully saturated rings. The Morgan fingerprint density at radius 1 is 1.18 bits per heavy atom. The van der Waals surface area contributed by atoms with Crippen LogP contribution in [0.4, 0.5) is 5.82 Å². The molecule has 0 aliphatic rings. The van der Waals surface area contributed by atoms with Crippen LogP contribution in [0.2, 0.25) is 0 Å². The molecule has 0 unspecified atom stereocenters. The van der Waals surface area contributed by atoms with Gasteiger partial charge in [0, 0.05) is 25.4 Å². The van der Waals surface area contributed by atoms with Gasteiger partial charge in [-0.15, -0.1) is 10.2 Å². The van der Waals surface area contributed by atoms with Crippen molar-refractivity contribution in [2.45, 2.75) is 6.54 Å². The molecule has 0 amide bonds. The molecule has 0 spiro atoms. The van der Waals surface area contributed by atoms with Gasteiger partial charge in [-0.2, -0.15) is 0 Å². The van der Waals surface area contributed by atoms with Crippen molar-refractivity contribution in [3.05, 3.63) is 60.0 Å². The van der Waals surface area contributed by atoms with Gasteiger partial charge in [0.25, 0.3) is 0 Å². The lowest BCUT2D eigenvalue weighted by atomic mass is 10.2. The summed E-state index contributed by atoms with van der Waals surface area (Å²) in [5, 5.41) is 11.2. The van der Waals surface area contributed by atoms with Gasteiger partial charge in [-0.05, 0) is 17.7 Å². The van der Waals surface area contributed by atoms with Crippen LogP contribution in [0, 0.1) is 0 Å². The summed E-state index contributed by atoms with van der Waals surface area (Å²) >= 11 is 0. The van der Waals surface area contributed by atoms with E-state index >= 15 is 0 Å². The number of carbonyl (C=O) groups is 1. The van der Waals surface area contributed by atoms with E-state index in [1.54, 1.807) is 17.8 Å². The molecule has 2 heterocycles. The van der Waals surface area contributed by atoms with Crippen molar-refractivity contribution in [2.75, 3.05) is 5.32 Å². The molecule has 1 aromatic carbocycles. The Balaban J connectivity index is 1.80. The second-order valence-electron chi connectivity index (χ2n) is 4.83. The van der Waals surface area contributed by atoms with Gasteiger partial charge >= 0.3 is 0 Å². The Labute approximate surface area is 127 Å². The van der Waals surface area contributed by atoms with E-state index in [4.69, 9.17) is 0 Å². The Morgan fingerprint density at radius 2 is 2.00 bits per heavy atom. The molecular formula is C16H15N5O. The van der Waals surface area contributed by atoms with Crippen molar-refractivity contribution in [2.24, 2.45) is 7.05 Å². The minimum absolute atomic E-state index is 0.297. The molecule has 2 aromatic heterocycles. The van der Waals surface area contributed by atoms with E-state index in [1.807, 2.05) is 30.3 Å². The van der Waals surface area contributed by atoms with E-state index in [-0.39, 0.29) is 0 Å². The molecule has 6 nitrogen and oxygen atoms in total. The molecule has 1 N–H and O–H groups in total. The summed E-state index contributed by atoms with van der Waals surface area (Å²) in [5.74, 6) is 1.68. The summed E-state index contributed by atoms with van der Waals surface area (Å²) in [6.45, 7) is 0.690. The normalized spacial score (nSPS) is 10.4. The lowest BCUT2D eigenvalue weighted by Crippen LogP contribution is -2.02. The highest BCUT2D eigenvalue weighted by atomic mass is 16.1. The first-order chi connectivity index (χ1) is 10.8. The van der Waals surface area contributed by atoms with Crippen LogP contribution in [0.3, 0.4) is 0 Å². The summed E-state index contributed by atoms with van der Waals surface area (Å²) in [6.07, 6.45) is 2.39. The number of anilines is 1. The van der Waals surface area contributed by atoms with Gasteiger partial charge in [0.05, 0.1) is 0 Å². The van der Waals surface area contributed by atoms with Gasteiger partial charge in [-0.3, -0.25) is 4.79 Å². The maximum Gasteiger partial charge on any atom is 0.196 e. The Morgan fingerprint density at radius 3 is 2.73 bits per heavy atom. The molecule has 3 aromatic rings. The molecular weight excluding hydrogens is 278 g/mol. The minimum atomic E-state index is 0.297. The average Bonchev–Trinajstić information content (AvgIpc) is 2.95. The predicted octanol–water partition coefficient (Wildman–Crippen LogP) is 2.30. The first-order valence-corrected chi connectivity index (χ1v) is 6.86. The fourth-order valence-electron chi connectivity index (χ4n) is 2.15. The molecule has 0 atom stereocenters. The van der Waals surface area contributed by atoms with Gasteiger partial charge in [0.2, 0.25) is 0 Å². The molecule has 0 bridgehead atoms. The second-order valence-corrected chi connectivity index (χ2v) is 4.83. The van der Waals surface area contributed by atoms with Crippen LogP contribution in [0.1, 0.15) is 16.2 Å². The summed E-state index contributed by atoms with van der Waals surface area (Å²) in [6, 6.07) is 13.8. The molecule has 3 rings (SSSR count). The van der Waals surface area contributed by atoms with E-state index in [0.29, 0.717) is 24.5 Å². The van der Waals surface area contributed by atoms with Gasteiger partial charge in [-0.25, -0.2) is 4.98 Å². The van der Waals surface area contributed by atoms with Gasteiger partial charge in [0.15, 0.2) is 17.9 Å². The lowest BCUT2D eigenvalue weighted by molar-refractivity contribution is 0.111. The number of aromatic nitrogens is 4. The molecule has 0 aliphatic carbocycles. The minimum Gasteiger partial charge on any atom is -0.366 e. The quantitative estimate of drug-likeness (QED) is 0.731. The van der Waals surface area contributed by atoms with Crippen molar-refractivity contribution in [1.82, 2.24) is 19.7 Å². The largest absolute Gasteiger partial charge is 0.366 e. The maximum absolute atomic E-state index is 10.9. The van der Waals surface area contributed by atoms with Crippen LogP contribution in [0.25, 0.3) is 11.4 Å². The standard InChI is InChI=1S/C16H15N5O/c1-21-15(11-22)19-20-16(21)13-7-8-17-14(9-13)18-10-12-5-3-2-4-6-12/h2-9,11H,10H2,1H3,(H,17,18). The highest BCUT2D eigenvalue weighted by molar-refractivity contribution is 5.71. The summed E-state index contributed by atoms with van der Waals surface area (Å²) in [4.78, 5) is 15.1. The molecule has 0 saturated heterocycles. The number of hydrogen-bond donors (Lipinski definition) is 1. The van der Waals surface area contributed by atoms with E-state index in [9.17, 15) is 4.79 Å². The van der Waals surface area contributed by atoms with Crippen molar-refractivity contribution in [3.63, 3.8) is 0 Å². The zero-order valence-corrected chi connectivity index (χ0v) is 12.1. The third-order valence-corrected chi connectivity index (χ3v) is 3.35. The second kappa shape index (κ2) is 6.17. The molecule has 22 heavy (non-hydrogen) atoms. The van der Waals surface area contributed by atoms with Crippen LogP contribution in [0.15, 0.2) is 48.7 Å². The zero-order chi connectivity index (χ0) is 15.4. The van der Waals surface area contributed by atoms with Crippen LogP contribution in [-0.4, -0.2) is 26.0 Å². The van der Waals surface area contributed by atoms with Crippen molar-refractivity contribution in [3.8, 4) is 11.4 Å². The molecule has 6 heteroatoms. The number of carbonyl (C=O) groups excluding carboxylic acids is 1. The maximum atomic E-state index is 10.9. The smallest absolute Gasteiger partial charge is 0.196 e. The van der Waals surface area contributed by atoms with E-state index in [0.717, 1.165) is 11.4 Å². The number of pyridine rings is 1. The van der Waals surface area contributed by atoms with E-state index < -0.39 is 0 Å². The Hall–Kier alpha value is -3.02. The van der Waals surface area contributed by atoms with Crippen molar-refractivity contribution in [1.29, 1.82) is 0 Å². The van der Waals surface area contributed by atoms with Gasteiger partial charge in [-0.1, -0.05) is 30.3 Å². The van der Waals surface area contributed by atoms with Crippen LogP contribution in [-0.2, 0) is 13.6 Å².